The van der Waals surface area contributed by atoms with Gasteiger partial charge in [0, 0.05) is 29.6 Å². The molecule has 0 aliphatic heterocycles. The summed E-state index contributed by atoms with van der Waals surface area (Å²) in [7, 11) is 0. The number of esters is 1. The molecule has 1 N–H and O–H groups in total. The SMILES string of the molecule is Cc1cc(C)nc(Nc2cccc(OC(=O)CC(C)C)c2)n1. The summed E-state index contributed by atoms with van der Waals surface area (Å²) in [5.41, 5.74) is 2.57. The molecule has 0 saturated heterocycles. The number of anilines is 2. The van der Waals surface area contributed by atoms with Crippen molar-refractivity contribution in [1.29, 1.82) is 0 Å². The van der Waals surface area contributed by atoms with Gasteiger partial charge >= 0.3 is 5.97 Å². The third-order valence-electron chi connectivity index (χ3n) is 2.88. The Labute approximate surface area is 130 Å². The van der Waals surface area contributed by atoms with E-state index in [4.69, 9.17) is 4.74 Å². The molecule has 0 fully saturated rings. The van der Waals surface area contributed by atoms with Crippen molar-refractivity contribution < 1.29 is 9.53 Å². The topological polar surface area (TPSA) is 64.1 Å². The Kier molecular flexibility index (Phi) is 5.09. The minimum absolute atomic E-state index is 0.227. The van der Waals surface area contributed by atoms with E-state index in [1.54, 1.807) is 12.1 Å². The van der Waals surface area contributed by atoms with Crippen molar-refractivity contribution in [2.24, 2.45) is 5.92 Å². The number of aromatic nitrogens is 2. The Morgan fingerprint density at radius 3 is 2.50 bits per heavy atom. The van der Waals surface area contributed by atoms with E-state index in [0.29, 0.717) is 18.1 Å². The number of carbonyl (C=O) groups excluding carboxylic acids is 1. The van der Waals surface area contributed by atoms with Crippen molar-refractivity contribution in [1.82, 2.24) is 9.97 Å². The van der Waals surface area contributed by atoms with E-state index in [9.17, 15) is 4.79 Å². The molecular formula is C17H21N3O2. The average Bonchev–Trinajstić information content (AvgIpc) is 2.36. The Hall–Kier alpha value is -2.43. The van der Waals surface area contributed by atoms with Crippen LogP contribution in [0.2, 0.25) is 0 Å². The van der Waals surface area contributed by atoms with Crippen LogP contribution in [0, 0.1) is 19.8 Å². The molecule has 2 rings (SSSR count). The molecule has 0 aliphatic rings. The van der Waals surface area contributed by atoms with Gasteiger partial charge in [-0.2, -0.15) is 0 Å². The molecule has 1 aromatic heterocycles. The van der Waals surface area contributed by atoms with Crippen LogP contribution in [0.25, 0.3) is 0 Å². The number of rotatable bonds is 5. The molecule has 2 aromatic rings. The number of carbonyl (C=O) groups is 1. The Bertz CT molecular complexity index is 648. The van der Waals surface area contributed by atoms with E-state index in [1.807, 2.05) is 45.9 Å². The maximum Gasteiger partial charge on any atom is 0.311 e. The summed E-state index contributed by atoms with van der Waals surface area (Å²) in [6, 6.07) is 9.13. The van der Waals surface area contributed by atoms with Crippen LogP contribution >= 0.6 is 0 Å². The smallest absolute Gasteiger partial charge is 0.311 e. The molecule has 0 saturated carbocycles. The molecule has 22 heavy (non-hydrogen) atoms. The number of benzene rings is 1. The lowest BCUT2D eigenvalue weighted by Crippen LogP contribution is -2.10. The minimum atomic E-state index is -0.227. The van der Waals surface area contributed by atoms with Gasteiger partial charge in [-0.3, -0.25) is 4.79 Å². The quantitative estimate of drug-likeness (QED) is 0.672. The van der Waals surface area contributed by atoms with E-state index in [0.717, 1.165) is 17.1 Å². The molecule has 5 nitrogen and oxygen atoms in total. The molecule has 0 spiro atoms. The second-order valence-corrected chi connectivity index (χ2v) is 5.70. The van der Waals surface area contributed by atoms with E-state index < -0.39 is 0 Å². The van der Waals surface area contributed by atoms with Crippen LogP contribution in [0.1, 0.15) is 31.7 Å². The van der Waals surface area contributed by atoms with Crippen LogP contribution < -0.4 is 10.1 Å². The maximum atomic E-state index is 11.7. The molecule has 0 bridgehead atoms. The summed E-state index contributed by atoms with van der Waals surface area (Å²) in [5.74, 6) is 1.09. The van der Waals surface area contributed by atoms with Gasteiger partial charge in [0.05, 0.1) is 0 Å². The van der Waals surface area contributed by atoms with Gasteiger partial charge in [-0.15, -0.1) is 0 Å². The highest BCUT2D eigenvalue weighted by atomic mass is 16.5. The Morgan fingerprint density at radius 1 is 1.18 bits per heavy atom. The molecule has 0 amide bonds. The molecule has 0 unspecified atom stereocenters. The summed E-state index contributed by atoms with van der Waals surface area (Å²) in [5, 5.41) is 3.13. The Balaban J connectivity index is 2.09. The third-order valence-corrected chi connectivity index (χ3v) is 2.88. The van der Waals surface area contributed by atoms with Gasteiger partial charge in [-0.25, -0.2) is 9.97 Å². The number of nitrogens with one attached hydrogen (secondary N) is 1. The van der Waals surface area contributed by atoms with Crippen molar-refractivity contribution in [3.63, 3.8) is 0 Å². The maximum absolute atomic E-state index is 11.7. The summed E-state index contributed by atoms with van der Waals surface area (Å²) in [6.07, 6.45) is 0.401. The number of hydrogen-bond acceptors (Lipinski definition) is 5. The molecule has 0 radical (unpaired) electrons. The van der Waals surface area contributed by atoms with Gasteiger partial charge in [0.15, 0.2) is 0 Å². The normalized spacial score (nSPS) is 10.6. The average molecular weight is 299 g/mol. The number of hydrogen-bond donors (Lipinski definition) is 1. The van der Waals surface area contributed by atoms with Gasteiger partial charge < -0.3 is 10.1 Å². The first kappa shape index (κ1) is 15.9. The lowest BCUT2D eigenvalue weighted by molar-refractivity contribution is -0.135. The number of aryl methyl sites for hydroxylation is 2. The standard InChI is InChI=1S/C17H21N3O2/c1-11(2)8-16(21)22-15-7-5-6-14(10-15)20-17-18-12(3)9-13(4)19-17/h5-7,9-11H,8H2,1-4H3,(H,18,19,20). The largest absolute Gasteiger partial charge is 0.426 e. The summed E-state index contributed by atoms with van der Waals surface area (Å²) >= 11 is 0. The molecule has 116 valence electrons. The molecule has 0 aliphatic carbocycles. The zero-order chi connectivity index (χ0) is 16.1. The van der Waals surface area contributed by atoms with Crippen LogP contribution in [0.4, 0.5) is 11.6 Å². The second-order valence-electron chi connectivity index (χ2n) is 5.70. The zero-order valence-electron chi connectivity index (χ0n) is 13.4. The lowest BCUT2D eigenvalue weighted by atomic mass is 10.1. The first-order valence-corrected chi connectivity index (χ1v) is 7.32. The van der Waals surface area contributed by atoms with Crippen LogP contribution in [0.5, 0.6) is 5.75 Å². The van der Waals surface area contributed by atoms with E-state index in [-0.39, 0.29) is 11.9 Å². The highest BCUT2D eigenvalue weighted by Gasteiger charge is 2.08. The fourth-order valence-corrected chi connectivity index (χ4v) is 2.05. The molecule has 1 heterocycles. The zero-order valence-corrected chi connectivity index (χ0v) is 13.4. The number of ether oxygens (including phenoxy) is 1. The molecule has 0 atom stereocenters. The van der Waals surface area contributed by atoms with Crippen molar-refractivity contribution in [2.75, 3.05) is 5.32 Å². The monoisotopic (exact) mass is 299 g/mol. The summed E-state index contributed by atoms with van der Waals surface area (Å²) in [4.78, 5) is 20.4. The van der Waals surface area contributed by atoms with Crippen LogP contribution in [0.15, 0.2) is 30.3 Å². The van der Waals surface area contributed by atoms with Crippen LogP contribution in [-0.4, -0.2) is 15.9 Å². The van der Waals surface area contributed by atoms with Crippen molar-refractivity contribution >= 4 is 17.6 Å². The summed E-state index contributed by atoms with van der Waals surface area (Å²) in [6.45, 7) is 7.81. The lowest BCUT2D eigenvalue weighted by Gasteiger charge is -2.09. The van der Waals surface area contributed by atoms with Crippen LogP contribution in [-0.2, 0) is 4.79 Å². The molecule has 5 heteroatoms. The van der Waals surface area contributed by atoms with Crippen molar-refractivity contribution in [2.45, 2.75) is 34.1 Å². The number of nitrogens with zero attached hydrogens (tertiary/aromatic N) is 2. The van der Waals surface area contributed by atoms with E-state index >= 15 is 0 Å². The van der Waals surface area contributed by atoms with Gasteiger partial charge in [-0.1, -0.05) is 19.9 Å². The van der Waals surface area contributed by atoms with Gasteiger partial charge in [0.25, 0.3) is 0 Å². The molecule has 1 aromatic carbocycles. The van der Waals surface area contributed by atoms with E-state index in [1.165, 1.54) is 0 Å². The second kappa shape index (κ2) is 7.02. The third kappa shape index (κ3) is 4.84. The van der Waals surface area contributed by atoms with Crippen LogP contribution in [0.3, 0.4) is 0 Å². The highest BCUT2D eigenvalue weighted by molar-refractivity contribution is 5.73. The molecular weight excluding hydrogens is 278 g/mol. The Morgan fingerprint density at radius 2 is 1.86 bits per heavy atom. The van der Waals surface area contributed by atoms with Crippen molar-refractivity contribution in [3.05, 3.63) is 41.7 Å². The first-order chi connectivity index (χ1) is 10.4. The van der Waals surface area contributed by atoms with Gasteiger partial charge in [0.1, 0.15) is 5.75 Å². The van der Waals surface area contributed by atoms with E-state index in [2.05, 4.69) is 15.3 Å². The predicted octanol–water partition coefficient (Wildman–Crippen LogP) is 3.79. The fraction of sp³-hybridized carbons (Fsp3) is 0.353. The van der Waals surface area contributed by atoms with Gasteiger partial charge in [0.2, 0.25) is 5.95 Å². The highest BCUT2D eigenvalue weighted by Crippen LogP contribution is 2.21. The summed E-state index contributed by atoms with van der Waals surface area (Å²) < 4.78 is 5.33. The van der Waals surface area contributed by atoms with Crippen molar-refractivity contribution in [3.8, 4) is 5.75 Å². The minimum Gasteiger partial charge on any atom is -0.426 e. The predicted molar refractivity (Wildman–Crippen MR) is 86.3 cm³/mol. The fourth-order valence-electron chi connectivity index (χ4n) is 2.05. The first-order valence-electron chi connectivity index (χ1n) is 7.32. The van der Waals surface area contributed by atoms with Gasteiger partial charge in [-0.05, 0) is 38.0 Å².